The zero-order valence-electron chi connectivity index (χ0n) is 16.0. The van der Waals surface area contributed by atoms with E-state index in [9.17, 15) is 9.59 Å². The highest BCUT2D eigenvalue weighted by atomic mass is 16.1. The Labute approximate surface area is 163 Å². The zero-order valence-corrected chi connectivity index (χ0v) is 16.0. The van der Waals surface area contributed by atoms with Crippen LogP contribution in [-0.2, 0) is 11.2 Å². The van der Waals surface area contributed by atoms with Crippen LogP contribution in [0.5, 0.6) is 0 Å². The number of aromatic nitrogens is 2. The molecule has 28 heavy (non-hydrogen) atoms. The number of carbonyl (C=O) groups excluding carboxylic acids is 1. The van der Waals surface area contributed by atoms with E-state index in [4.69, 9.17) is 0 Å². The molecule has 1 aliphatic heterocycles. The van der Waals surface area contributed by atoms with Crippen LogP contribution in [0.1, 0.15) is 30.7 Å². The molecule has 2 heterocycles. The van der Waals surface area contributed by atoms with Gasteiger partial charge in [0.25, 0.3) is 5.56 Å². The number of rotatable bonds is 5. The number of nitrogens with zero attached hydrogens (tertiary/aromatic N) is 2. The molecule has 2 N–H and O–H groups in total. The Kier molecular flexibility index (Phi) is 5.10. The van der Waals surface area contributed by atoms with Crippen molar-refractivity contribution in [2.24, 2.45) is 0 Å². The summed E-state index contributed by atoms with van der Waals surface area (Å²) >= 11 is 0. The molecule has 0 spiro atoms. The topological polar surface area (TPSA) is 78.1 Å². The molecule has 4 rings (SSSR count). The Morgan fingerprint density at radius 2 is 1.96 bits per heavy atom. The molecule has 1 aromatic heterocycles. The van der Waals surface area contributed by atoms with Gasteiger partial charge in [-0.3, -0.25) is 9.59 Å². The minimum Gasteiger partial charge on any atom is -0.371 e. The van der Waals surface area contributed by atoms with Crippen LogP contribution in [0.15, 0.2) is 47.3 Å². The molecule has 144 valence electrons. The van der Waals surface area contributed by atoms with E-state index in [1.807, 2.05) is 24.3 Å². The maximum absolute atomic E-state index is 12.3. The van der Waals surface area contributed by atoms with Gasteiger partial charge in [-0.15, -0.1) is 0 Å². The fraction of sp³-hybridized carbons (Fsp3) is 0.318. The first-order valence-electron chi connectivity index (χ1n) is 9.73. The van der Waals surface area contributed by atoms with Crippen molar-refractivity contribution in [3.63, 3.8) is 0 Å². The second kappa shape index (κ2) is 7.84. The van der Waals surface area contributed by atoms with Gasteiger partial charge in [0, 0.05) is 37.3 Å². The van der Waals surface area contributed by atoms with Crippen molar-refractivity contribution in [1.82, 2.24) is 9.97 Å². The highest BCUT2D eigenvalue weighted by Gasteiger charge is 2.15. The lowest BCUT2D eigenvalue weighted by Gasteiger charge is -2.20. The van der Waals surface area contributed by atoms with Gasteiger partial charge in [0.1, 0.15) is 5.82 Å². The number of fused-ring (bicyclic) bond motifs is 1. The molecule has 1 amide bonds. The summed E-state index contributed by atoms with van der Waals surface area (Å²) < 4.78 is 0. The molecule has 1 aliphatic rings. The number of para-hydroxylation sites is 1. The van der Waals surface area contributed by atoms with Gasteiger partial charge in [-0.25, -0.2) is 4.98 Å². The summed E-state index contributed by atoms with van der Waals surface area (Å²) in [6, 6.07) is 13.3. The molecule has 2 aromatic carbocycles. The Hall–Kier alpha value is -3.15. The molecular formula is C22H24N4O2. The number of carbonyl (C=O) groups is 1. The van der Waals surface area contributed by atoms with Crippen LogP contribution in [0.2, 0.25) is 0 Å². The number of hydrogen-bond donors (Lipinski definition) is 2. The number of H-pyrrole nitrogens is 1. The summed E-state index contributed by atoms with van der Waals surface area (Å²) in [7, 11) is 0. The van der Waals surface area contributed by atoms with E-state index in [1.54, 1.807) is 12.1 Å². The molecule has 0 atom stereocenters. The summed E-state index contributed by atoms with van der Waals surface area (Å²) in [6.45, 7) is 4.28. The van der Waals surface area contributed by atoms with Gasteiger partial charge in [0.2, 0.25) is 5.91 Å². The summed E-state index contributed by atoms with van der Waals surface area (Å²) in [5.74, 6) is 0.434. The third-order valence-electron chi connectivity index (χ3n) is 5.18. The van der Waals surface area contributed by atoms with Crippen LogP contribution >= 0.6 is 0 Å². The molecule has 0 aliphatic carbocycles. The molecule has 6 heteroatoms. The number of benzene rings is 2. The highest BCUT2D eigenvalue weighted by molar-refractivity contribution is 5.91. The molecule has 0 saturated carbocycles. The summed E-state index contributed by atoms with van der Waals surface area (Å²) in [6.07, 6.45) is 3.12. The number of aromatic amines is 1. The molecule has 6 nitrogen and oxygen atoms in total. The van der Waals surface area contributed by atoms with Gasteiger partial charge < -0.3 is 15.2 Å². The lowest BCUT2D eigenvalue weighted by Crippen LogP contribution is -2.19. The lowest BCUT2D eigenvalue weighted by molar-refractivity contribution is -0.116. The van der Waals surface area contributed by atoms with Crippen molar-refractivity contribution in [3.8, 4) is 0 Å². The van der Waals surface area contributed by atoms with Gasteiger partial charge in [-0.1, -0.05) is 12.1 Å². The van der Waals surface area contributed by atoms with E-state index in [2.05, 4.69) is 33.2 Å². The average Bonchev–Trinajstić information content (AvgIpc) is 3.21. The molecule has 0 bridgehead atoms. The Morgan fingerprint density at radius 3 is 2.75 bits per heavy atom. The smallest absolute Gasteiger partial charge is 0.258 e. The zero-order chi connectivity index (χ0) is 19.5. The third kappa shape index (κ3) is 3.91. The standard InChI is InChI=1S/C22H24N4O2/c1-15-14-16(8-9-19(15)26-12-4-5-13-26)23-21(27)11-10-20-24-18-7-3-2-6-17(18)22(28)25-20/h2-3,6-9,14H,4-5,10-13H2,1H3,(H,23,27)(H,24,25,28). The van der Waals surface area contributed by atoms with E-state index < -0.39 is 0 Å². The quantitative estimate of drug-likeness (QED) is 0.715. The van der Waals surface area contributed by atoms with Crippen LogP contribution in [0.3, 0.4) is 0 Å². The number of amides is 1. The van der Waals surface area contributed by atoms with Gasteiger partial charge in [-0.05, 0) is 55.7 Å². The fourth-order valence-electron chi connectivity index (χ4n) is 3.75. The molecule has 1 saturated heterocycles. The monoisotopic (exact) mass is 376 g/mol. The maximum Gasteiger partial charge on any atom is 0.258 e. The van der Waals surface area contributed by atoms with Crippen molar-refractivity contribution in [2.75, 3.05) is 23.3 Å². The molecule has 0 unspecified atom stereocenters. The minimum atomic E-state index is -0.172. The van der Waals surface area contributed by atoms with Crippen molar-refractivity contribution in [2.45, 2.75) is 32.6 Å². The summed E-state index contributed by atoms with van der Waals surface area (Å²) in [4.78, 5) is 34.1. The van der Waals surface area contributed by atoms with Crippen LogP contribution in [0.4, 0.5) is 11.4 Å². The Bertz CT molecular complexity index is 1070. The van der Waals surface area contributed by atoms with Crippen LogP contribution in [0.25, 0.3) is 10.9 Å². The highest BCUT2D eigenvalue weighted by Crippen LogP contribution is 2.26. The van der Waals surface area contributed by atoms with Crippen molar-refractivity contribution >= 4 is 28.2 Å². The van der Waals surface area contributed by atoms with Crippen LogP contribution in [0, 0.1) is 6.92 Å². The minimum absolute atomic E-state index is 0.0934. The fourth-order valence-corrected chi connectivity index (χ4v) is 3.75. The number of hydrogen-bond acceptors (Lipinski definition) is 4. The van der Waals surface area contributed by atoms with E-state index in [-0.39, 0.29) is 17.9 Å². The first kappa shape index (κ1) is 18.2. The van der Waals surface area contributed by atoms with E-state index in [0.29, 0.717) is 23.1 Å². The second-order valence-corrected chi connectivity index (χ2v) is 7.27. The van der Waals surface area contributed by atoms with Gasteiger partial charge in [-0.2, -0.15) is 0 Å². The van der Waals surface area contributed by atoms with Crippen LogP contribution in [-0.4, -0.2) is 29.0 Å². The van der Waals surface area contributed by atoms with Gasteiger partial charge in [0.15, 0.2) is 0 Å². The average molecular weight is 376 g/mol. The molecular weight excluding hydrogens is 352 g/mol. The van der Waals surface area contributed by atoms with E-state index >= 15 is 0 Å². The van der Waals surface area contributed by atoms with Crippen molar-refractivity contribution in [1.29, 1.82) is 0 Å². The number of anilines is 2. The van der Waals surface area contributed by atoms with Gasteiger partial charge in [0.05, 0.1) is 10.9 Å². The SMILES string of the molecule is Cc1cc(NC(=O)CCc2nc3ccccc3c(=O)[nH]2)ccc1N1CCCC1. The Balaban J connectivity index is 1.39. The molecule has 0 radical (unpaired) electrons. The van der Waals surface area contributed by atoms with Crippen molar-refractivity contribution in [3.05, 3.63) is 64.2 Å². The Morgan fingerprint density at radius 1 is 1.18 bits per heavy atom. The predicted molar refractivity (Wildman–Crippen MR) is 112 cm³/mol. The number of aryl methyl sites for hydroxylation is 2. The lowest BCUT2D eigenvalue weighted by atomic mass is 10.1. The first-order chi connectivity index (χ1) is 13.6. The maximum atomic E-state index is 12.3. The first-order valence-corrected chi connectivity index (χ1v) is 9.73. The summed E-state index contributed by atoms with van der Waals surface area (Å²) in [5.41, 5.74) is 3.68. The van der Waals surface area contributed by atoms with Crippen LogP contribution < -0.4 is 15.8 Å². The normalized spacial score (nSPS) is 13.8. The summed E-state index contributed by atoms with van der Waals surface area (Å²) in [5, 5.41) is 3.50. The van der Waals surface area contributed by atoms with Gasteiger partial charge >= 0.3 is 0 Å². The largest absolute Gasteiger partial charge is 0.371 e. The molecule has 3 aromatic rings. The molecule has 1 fully saturated rings. The third-order valence-corrected chi connectivity index (χ3v) is 5.18. The predicted octanol–water partition coefficient (Wildman–Crippen LogP) is 3.40. The van der Waals surface area contributed by atoms with E-state index in [1.165, 1.54) is 24.1 Å². The number of nitrogens with one attached hydrogen (secondary N) is 2. The van der Waals surface area contributed by atoms with Crippen molar-refractivity contribution < 1.29 is 4.79 Å². The second-order valence-electron chi connectivity index (χ2n) is 7.27. The van der Waals surface area contributed by atoms with E-state index in [0.717, 1.165) is 18.8 Å².